The van der Waals surface area contributed by atoms with Crippen LogP contribution in [0.15, 0.2) is 49.2 Å². The molecule has 1 aliphatic rings. The Morgan fingerprint density at radius 3 is 2.96 bits per heavy atom. The summed E-state index contributed by atoms with van der Waals surface area (Å²) >= 11 is 0. The summed E-state index contributed by atoms with van der Waals surface area (Å²) in [5.41, 5.74) is 0.553. The van der Waals surface area contributed by atoms with Crippen LogP contribution < -0.4 is 5.32 Å². The maximum atomic E-state index is 12.4. The predicted octanol–water partition coefficient (Wildman–Crippen LogP) is 1.21. The molecule has 3 aromatic heterocycles. The van der Waals surface area contributed by atoms with Gasteiger partial charge >= 0.3 is 0 Å². The average molecular weight is 308 g/mol. The van der Waals surface area contributed by atoms with Gasteiger partial charge in [-0.2, -0.15) is 5.10 Å². The number of hydrogen-bond donors (Lipinski definition) is 1. The molecule has 7 heteroatoms. The number of carbonyl (C=O) groups excluding carboxylic acids is 1. The third-order valence-electron chi connectivity index (χ3n) is 4.02. The molecule has 0 fully saturated rings. The number of amides is 1. The lowest BCUT2D eigenvalue weighted by atomic mass is 10.1. The number of fused-ring (bicyclic) bond motifs is 1. The second-order valence-electron chi connectivity index (χ2n) is 5.56. The summed E-state index contributed by atoms with van der Waals surface area (Å²) < 4.78 is 3.75. The smallest absolute Gasteiger partial charge is 0.253 e. The van der Waals surface area contributed by atoms with Gasteiger partial charge in [-0.05, 0) is 24.6 Å². The van der Waals surface area contributed by atoms with E-state index in [0.717, 1.165) is 25.2 Å². The van der Waals surface area contributed by atoms with Gasteiger partial charge in [0.15, 0.2) is 5.82 Å². The van der Waals surface area contributed by atoms with E-state index in [1.54, 1.807) is 35.4 Å². The van der Waals surface area contributed by atoms with Crippen LogP contribution in [0.4, 0.5) is 0 Å². The van der Waals surface area contributed by atoms with Gasteiger partial charge in [-0.3, -0.25) is 4.79 Å². The van der Waals surface area contributed by atoms with Crippen LogP contribution in [0, 0.1) is 0 Å². The number of nitrogens with one attached hydrogen (secondary N) is 1. The van der Waals surface area contributed by atoms with Crippen LogP contribution >= 0.6 is 0 Å². The Bertz CT molecular complexity index is 805. The minimum absolute atomic E-state index is 0.0990. The van der Waals surface area contributed by atoms with Gasteiger partial charge in [-0.1, -0.05) is 0 Å². The number of rotatable bonds is 3. The van der Waals surface area contributed by atoms with Crippen LogP contribution in [0.5, 0.6) is 0 Å². The van der Waals surface area contributed by atoms with Gasteiger partial charge in [-0.25, -0.2) is 14.6 Å². The van der Waals surface area contributed by atoms with Crippen LogP contribution in [0.1, 0.15) is 22.6 Å². The highest BCUT2D eigenvalue weighted by molar-refractivity contribution is 5.94. The summed E-state index contributed by atoms with van der Waals surface area (Å²) in [5.74, 6) is 1.67. The summed E-state index contributed by atoms with van der Waals surface area (Å²) in [4.78, 5) is 20.9. The van der Waals surface area contributed by atoms with Gasteiger partial charge in [0.1, 0.15) is 5.82 Å². The fraction of sp³-hybridized carbons (Fsp3) is 0.250. The monoisotopic (exact) mass is 308 g/mol. The highest BCUT2D eigenvalue weighted by atomic mass is 16.1. The summed E-state index contributed by atoms with van der Waals surface area (Å²) in [7, 11) is 0. The Labute approximate surface area is 133 Å². The van der Waals surface area contributed by atoms with E-state index in [2.05, 4.69) is 25.0 Å². The molecule has 1 N–H and O–H groups in total. The average Bonchev–Trinajstić information content (AvgIpc) is 3.26. The Balaban J connectivity index is 1.43. The highest BCUT2D eigenvalue weighted by Crippen LogP contribution is 2.14. The summed E-state index contributed by atoms with van der Waals surface area (Å²) in [5, 5.41) is 7.19. The lowest BCUT2D eigenvalue weighted by Gasteiger charge is -2.24. The quantitative estimate of drug-likeness (QED) is 0.789. The van der Waals surface area contributed by atoms with Gasteiger partial charge < -0.3 is 9.88 Å². The van der Waals surface area contributed by atoms with Gasteiger partial charge in [-0.15, -0.1) is 0 Å². The van der Waals surface area contributed by atoms with Gasteiger partial charge in [0.25, 0.3) is 5.91 Å². The molecule has 0 aliphatic carbocycles. The zero-order valence-electron chi connectivity index (χ0n) is 12.5. The Hall–Kier alpha value is -2.96. The molecule has 116 valence electrons. The molecule has 0 saturated heterocycles. The molecular formula is C16H16N6O. The van der Waals surface area contributed by atoms with Gasteiger partial charge in [0.05, 0.1) is 5.56 Å². The van der Waals surface area contributed by atoms with Crippen LogP contribution in [-0.4, -0.2) is 36.3 Å². The molecular weight excluding hydrogens is 292 g/mol. The van der Waals surface area contributed by atoms with E-state index >= 15 is 0 Å². The number of nitrogens with zero attached hydrogens (tertiary/aromatic N) is 5. The molecule has 0 aromatic carbocycles. The van der Waals surface area contributed by atoms with E-state index in [0.29, 0.717) is 11.4 Å². The van der Waals surface area contributed by atoms with Gasteiger partial charge in [0.2, 0.25) is 0 Å². The maximum absolute atomic E-state index is 12.4. The molecule has 1 atom stereocenters. The second kappa shape index (κ2) is 5.68. The first-order valence-corrected chi connectivity index (χ1v) is 7.56. The van der Waals surface area contributed by atoms with Crippen LogP contribution in [0.3, 0.4) is 0 Å². The Kier molecular flexibility index (Phi) is 3.38. The first kappa shape index (κ1) is 13.7. The van der Waals surface area contributed by atoms with Crippen molar-refractivity contribution >= 4 is 5.91 Å². The van der Waals surface area contributed by atoms with Crippen molar-refractivity contribution in [1.82, 2.24) is 29.6 Å². The summed E-state index contributed by atoms with van der Waals surface area (Å²) in [6, 6.07) is 5.51. The van der Waals surface area contributed by atoms with E-state index in [4.69, 9.17) is 0 Å². The first-order valence-electron chi connectivity index (χ1n) is 7.56. The molecule has 1 aliphatic heterocycles. The lowest BCUT2D eigenvalue weighted by Crippen LogP contribution is -2.40. The third kappa shape index (κ3) is 2.73. The zero-order valence-corrected chi connectivity index (χ0v) is 12.5. The van der Waals surface area contributed by atoms with Crippen molar-refractivity contribution in [2.24, 2.45) is 0 Å². The fourth-order valence-electron chi connectivity index (χ4n) is 2.81. The van der Waals surface area contributed by atoms with E-state index in [1.165, 1.54) is 0 Å². The molecule has 1 amide bonds. The van der Waals surface area contributed by atoms with Crippen LogP contribution in [0.25, 0.3) is 5.82 Å². The minimum Gasteiger partial charge on any atom is -0.347 e. The van der Waals surface area contributed by atoms with E-state index < -0.39 is 0 Å². The predicted molar refractivity (Wildman–Crippen MR) is 83.2 cm³/mol. The molecule has 0 bridgehead atoms. The molecule has 4 heterocycles. The van der Waals surface area contributed by atoms with Crippen LogP contribution in [0.2, 0.25) is 0 Å². The first-order chi connectivity index (χ1) is 11.3. The number of carbonyl (C=O) groups is 1. The third-order valence-corrected chi connectivity index (χ3v) is 4.02. The largest absolute Gasteiger partial charge is 0.347 e. The number of imidazole rings is 1. The van der Waals surface area contributed by atoms with Crippen LogP contribution in [-0.2, 0) is 13.0 Å². The lowest BCUT2D eigenvalue weighted by molar-refractivity contribution is 0.0927. The number of aryl methyl sites for hydroxylation is 1. The zero-order chi connectivity index (χ0) is 15.6. The Morgan fingerprint density at radius 1 is 1.22 bits per heavy atom. The molecule has 3 aromatic rings. The maximum Gasteiger partial charge on any atom is 0.253 e. The summed E-state index contributed by atoms with van der Waals surface area (Å²) in [6.45, 7) is 0.764. The molecule has 4 rings (SSSR count). The van der Waals surface area contributed by atoms with E-state index in [1.807, 2.05) is 18.5 Å². The number of aromatic nitrogens is 5. The Morgan fingerprint density at radius 2 is 2.17 bits per heavy atom. The SMILES string of the molecule is O=C(N[C@@H]1CCc2nccn2C1)c1ccc(-n2cccn2)nc1. The molecule has 0 unspecified atom stereocenters. The molecule has 0 saturated carbocycles. The highest BCUT2D eigenvalue weighted by Gasteiger charge is 2.20. The van der Waals surface area contributed by atoms with Crippen molar-refractivity contribution < 1.29 is 4.79 Å². The van der Waals surface area contributed by atoms with Crippen molar-refractivity contribution in [3.05, 3.63) is 60.6 Å². The second-order valence-corrected chi connectivity index (χ2v) is 5.56. The van der Waals surface area contributed by atoms with Crippen molar-refractivity contribution in [3.63, 3.8) is 0 Å². The van der Waals surface area contributed by atoms with E-state index in [-0.39, 0.29) is 11.9 Å². The number of pyridine rings is 1. The fourth-order valence-corrected chi connectivity index (χ4v) is 2.81. The van der Waals surface area contributed by atoms with E-state index in [9.17, 15) is 4.79 Å². The van der Waals surface area contributed by atoms with Crippen molar-refractivity contribution in [1.29, 1.82) is 0 Å². The normalized spacial score (nSPS) is 16.8. The van der Waals surface area contributed by atoms with Crippen molar-refractivity contribution in [2.45, 2.75) is 25.4 Å². The topological polar surface area (TPSA) is 77.6 Å². The molecule has 23 heavy (non-hydrogen) atoms. The number of hydrogen-bond acceptors (Lipinski definition) is 4. The van der Waals surface area contributed by atoms with Gasteiger partial charge in [0, 0.05) is 50.0 Å². The molecule has 0 radical (unpaired) electrons. The summed E-state index contributed by atoms with van der Waals surface area (Å²) in [6.07, 6.45) is 10.6. The van der Waals surface area contributed by atoms with Crippen molar-refractivity contribution in [2.75, 3.05) is 0 Å². The standard InChI is InChI=1S/C16H16N6O/c23-16(20-13-3-5-14-17-7-9-21(14)11-13)12-2-4-15(18-10-12)22-8-1-6-19-22/h1-2,4,6-10,13H,3,5,11H2,(H,20,23)/t13-/m1/s1. The minimum atomic E-state index is -0.0990. The van der Waals surface area contributed by atoms with Crippen molar-refractivity contribution in [3.8, 4) is 5.82 Å². The molecule has 0 spiro atoms. The molecule has 7 nitrogen and oxygen atoms in total.